The second kappa shape index (κ2) is 9.97. The van der Waals surface area contributed by atoms with E-state index >= 15 is 0 Å². The van der Waals surface area contributed by atoms with E-state index in [0.717, 1.165) is 0 Å². The summed E-state index contributed by atoms with van der Waals surface area (Å²) in [6.45, 7) is 6.57. The fraction of sp³-hybridized carbons (Fsp3) is 0.750. The molecule has 132 valence electrons. The Labute approximate surface area is 136 Å². The largest absolute Gasteiger partial charge is 0.481 e. The third kappa shape index (κ3) is 5.65. The number of hydrogen-bond acceptors (Lipinski definition) is 5. The molecule has 0 amide bonds. The monoisotopic (exact) mass is 330 g/mol. The summed E-state index contributed by atoms with van der Waals surface area (Å²) in [6.07, 6.45) is 0.926. The van der Waals surface area contributed by atoms with E-state index in [2.05, 4.69) is 0 Å². The molecule has 2 N–H and O–H groups in total. The summed E-state index contributed by atoms with van der Waals surface area (Å²) in [4.78, 5) is 46.6. The molecule has 0 saturated heterocycles. The van der Waals surface area contributed by atoms with E-state index in [1.807, 2.05) is 0 Å². The van der Waals surface area contributed by atoms with E-state index in [4.69, 9.17) is 14.9 Å². The minimum Gasteiger partial charge on any atom is -0.481 e. The molecule has 0 aromatic rings. The number of carbonyl (C=O) groups excluding carboxylic acids is 2. The molecule has 0 aliphatic rings. The fourth-order valence-electron chi connectivity index (χ4n) is 2.74. The zero-order valence-electron chi connectivity index (χ0n) is 14.1. The van der Waals surface area contributed by atoms with Crippen molar-refractivity contribution in [1.82, 2.24) is 0 Å². The highest BCUT2D eigenvalue weighted by Gasteiger charge is 2.37. The van der Waals surface area contributed by atoms with E-state index < -0.39 is 47.5 Å². The molecule has 0 aromatic carbocycles. The minimum absolute atomic E-state index is 0.226. The Morgan fingerprint density at radius 3 is 1.09 bits per heavy atom. The maximum atomic E-state index is 12.1. The van der Waals surface area contributed by atoms with Crippen LogP contribution in [0, 0.1) is 23.7 Å². The van der Waals surface area contributed by atoms with Crippen LogP contribution in [0.4, 0.5) is 0 Å². The van der Waals surface area contributed by atoms with Crippen molar-refractivity contribution >= 4 is 23.9 Å². The Hall–Kier alpha value is -1.92. The average molecular weight is 330 g/mol. The molecule has 0 aliphatic carbocycles. The van der Waals surface area contributed by atoms with Crippen LogP contribution in [0.25, 0.3) is 0 Å². The number of esters is 2. The number of carbonyl (C=O) groups is 4. The molecule has 4 atom stereocenters. The van der Waals surface area contributed by atoms with Crippen molar-refractivity contribution < 1.29 is 34.1 Å². The molecule has 0 saturated carbocycles. The molecule has 0 radical (unpaired) electrons. The quantitative estimate of drug-likeness (QED) is 0.466. The first-order valence-electron chi connectivity index (χ1n) is 7.95. The van der Waals surface area contributed by atoms with Crippen LogP contribution in [-0.2, 0) is 23.9 Å². The summed E-state index contributed by atoms with van der Waals surface area (Å²) in [5.74, 6) is -7.74. The highest BCUT2D eigenvalue weighted by molar-refractivity contribution is 5.91. The number of rotatable bonds is 10. The van der Waals surface area contributed by atoms with Gasteiger partial charge >= 0.3 is 23.9 Å². The van der Waals surface area contributed by atoms with Gasteiger partial charge in [0.05, 0.1) is 23.7 Å². The van der Waals surface area contributed by atoms with E-state index in [1.165, 1.54) is 0 Å². The summed E-state index contributed by atoms with van der Waals surface area (Å²) in [5, 5.41) is 18.3. The molecule has 0 aromatic heterocycles. The zero-order chi connectivity index (χ0) is 18.2. The van der Waals surface area contributed by atoms with E-state index in [0.29, 0.717) is 0 Å². The Morgan fingerprint density at radius 2 is 0.913 bits per heavy atom. The second-order valence-corrected chi connectivity index (χ2v) is 5.48. The number of aliphatic carboxylic acids is 2. The molecular weight excluding hydrogens is 304 g/mol. The molecule has 0 spiro atoms. The fourth-order valence-corrected chi connectivity index (χ4v) is 2.74. The molecule has 0 rings (SSSR count). The van der Waals surface area contributed by atoms with Crippen LogP contribution < -0.4 is 0 Å². The zero-order valence-corrected chi connectivity index (χ0v) is 14.1. The van der Waals surface area contributed by atoms with Crippen molar-refractivity contribution in [2.45, 2.75) is 53.4 Å². The van der Waals surface area contributed by atoms with Crippen molar-refractivity contribution in [2.24, 2.45) is 23.7 Å². The van der Waals surface area contributed by atoms with Gasteiger partial charge in [-0.05, 0) is 25.7 Å². The lowest BCUT2D eigenvalue weighted by Gasteiger charge is -2.23. The summed E-state index contributed by atoms with van der Waals surface area (Å²) in [6, 6.07) is 0. The second-order valence-electron chi connectivity index (χ2n) is 5.48. The topological polar surface area (TPSA) is 118 Å². The Balaban J connectivity index is 5.13. The van der Waals surface area contributed by atoms with Gasteiger partial charge < -0.3 is 14.9 Å². The third-order valence-electron chi connectivity index (χ3n) is 4.17. The number of carboxylic acids is 2. The van der Waals surface area contributed by atoms with Gasteiger partial charge in [0.25, 0.3) is 0 Å². The molecule has 23 heavy (non-hydrogen) atoms. The maximum absolute atomic E-state index is 12.1. The van der Waals surface area contributed by atoms with Crippen molar-refractivity contribution in [3.05, 3.63) is 0 Å². The molecule has 7 heteroatoms. The first-order valence-corrected chi connectivity index (χ1v) is 7.95. The molecule has 0 aliphatic heterocycles. The van der Waals surface area contributed by atoms with Crippen LogP contribution in [0.3, 0.4) is 0 Å². The molecule has 4 unspecified atom stereocenters. The van der Waals surface area contributed by atoms with Crippen molar-refractivity contribution in [1.29, 1.82) is 0 Å². The number of ether oxygens (including phenoxy) is 1. The lowest BCUT2D eigenvalue weighted by atomic mass is 9.87. The van der Waals surface area contributed by atoms with Crippen LogP contribution in [0.5, 0.6) is 0 Å². The maximum Gasteiger partial charge on any atom is 0.317 e. The van der Waals surface area contributed by atoms with Gasteiger partial charge in [0.1, 0.15) is 0 Å². The number of carboxylic acid groups (broad SMARTS) is 2. The van der Waals surface area contributed by atoms with E-state index in [-0.39, 0.29) is 25.7 Å². The lowest BCUT2D eigenvalue weighted by Crippen LogP contribution is -2.36. The predicted molar refractivity (Wildman–Crippen MR) is 81.5 cm³/mol. The van der Waals surface area contributed by atoms with Gasteiger partial charge in [-0.1, -0.05) is 27.7 Å². The normalized spacial score (nSPS) is 16.0. The summed E-state index contributed by atoms with van der Waals surface area (Å²) in [5.41, 5.74) is 0. The molecule has 7 nitrogen and oxygen atoms in total. The average Bonchev–Trinajstić information content (AvgIpc) is 2.48. The van der Waals surface area contributed by atoms with E-state index in [9.17, 15) is 19.2 Å². The minimum atomic E-state index is -1.12. The van der Waals surface area contributed by atoms with Gasteiger partial charge in [0, 0.05) is 0 Å². The highest BCUT2D eigenvalue weighted by atomic mass is 16.6. The molecule has 0 bridgehead atoms. The van der Waals surface area contributed by atoms with Crippen LogP contribution in [0.1, 0.15) is 53.4 Å². The first kappa shape index (κ1) is 21.1. The Kier molecular flexibility index (Phi) is 9.14. The van der Waals surface area contributed by atoms with Crippen molar-refractivity contribution in [3.8, 4) is 0 Å². The van der Waals surface area contributed by atoms with Gasteiger partial charge in [-0.25, -0.2) is 0 Å². The SMILES string of the molecule is CCC(C(=O)O)C(CC)C(=O)OC(=O)C(CC)C(CC)C(=O)O. The van der Waals surface area contributed by atoms with Gasteiger partial charge in [-0.2, -0.15) is 0 Å². The molecule has 0 heterocycles. The van der Waals surface area contributed by atoms with Gasteiger partial charge in [0.15, 0.2) is 0 Å². The predicted octanol–water partition coefficient (Wildman–Crippen LogP) is 2.33. The van der Waals surface area contributed by atoms with Crippen LogP contribution in [0.15, 0.2) is 0 Å². The first-order chi connectivity index (χ1) is 10.7. The van der Waals surface area contributed by atoms with Gasteiger partial charge in [-0.15, -0.1) is 0 Å². The highest BCUT2D eigenvalue weighted by Crippen LogP contribution is 2.25. The molecule has 0 fully saturated rings. The third-order valence-corrected chi connectivity index (χ3v) is 4.17. The standard InChI is InChI=1S/C16H26O7/c1-5-9(13(17)18)11(7-3)15(21)23-16(22)12(8-4)10(6-2)14(19)20/h9-12H,5-8H2,1-4H3,(H,17,18)(H,19,20). The van der Waals surface area contributed by atoms with Gasteiger partial charge in [0.2, 0.25) is 0 Å². The van der Waals surface area contributed by atoms with Crippen molar-refractivity contribution in [3.63, 3.8) is 0 Å². The Morgan fingerprint density at radius 1 is 0.652 bits per heavy atom. The lowest BCUT2D eigenvalue weighted by molar-refractivity contribution is -0.172. The van der Waals surface area contributed by atoms with Crippen molar-refractivity contribution in [2.75, 3.05) is 0 Å². The van der Waals surface area contributed by atoms with E-state index in [1.54, 1.807) is 27.7 Å². The molecular formula is C16H26O7. The Bertz CT molecular complexity index is 404. The van der Waals surface area contributed by atoms with Crippen LogP contribution in [0.2, 0.25) is 0 Å². The van der Waals surface area contributed by atoms with Gasteiger partial charge in [-0.3, -0.25) is 19.2 Å². The smallest absolute Gasteiger partial charge is 0.317 e. The van der Waals surface area contributed by atoms with Crippen LogP contribution >= 0.6 is 0 Å². The summed E-state index contributed by atoms with van der Waals surface area (Å²) >= 11 is 0. The summed E-state index contributed by atoms with van der Waals surface area (Å²) < 4.78 is 4.82. The number of hydrogen-bond donors (Lipinski definition) is 2. The van der Waals surface area contributed by atoms with Crippen LogP contribution in [-0.4, -0.2) is 34.1 Å². The summed E-state index contributed by atoms with van der Waals surface area (Å²) in [7, 11) is 0.